The Hall–Kier alpha value is -4.96. The number of rotatable bonds is 4. The Labute approximate surface area is 218 Å². The van der Waals surface area contributed by atoms with Gasteiger partial charge in [-0.05, 0) is 53.9 Å². The molecule has 0 fully saturated rings. The summed E-state index contributed by atoms with van der Waals surface area (Å²) < 4.78 is 30.8. The van der Waals surface area contributed by atoms with E-state index in [1.165, 1.54) is 17.5 Å². The zero-order valence-corrected chi connectivity index (χ0v) is 20.4. The Morgan fingerprint density at radius 3 is 2.03 bits per heavy atom. The summed E-state index contributed by atoms with van der Waals surface area (Å²) in [5.41, 5.74) is 5.48. The predicted octanol–water partition coefficient (Wildman–Crippen LogP) is 9.68. The van der Waals surface area contributed by atoms with Gasteiger partial charge in [-0.3, -0.25) is 0 Å². The van der Waals surface area contributed by atoms with Gasteiger partial charge in [0.25, 0.3) is 0 Å². The van der Waals surface area contributed by atoms with Gasteiger partial charge < -0.3 is 9.47 Å². The van der Waals surface area contributed by atoms with Crippen LogP contribution in [0.1, 0.15) is 0 Å². The van der Waals surface area contributed by atoms with Crippen LogP contribution in [0.3, 0.4) is 0 Å². The average Bonchev–Trinajstić information content (AvgIpc) is 3.30. The van der Waals surface area contributed by atoms with Crippen molar-refractivity contribution in [2.75, 3.05) is 4.90 Å². The van der Waals surface area contributed by atoms with Gasteiger partial charge in [0.1, 0.15) is 0 Å². The SMILES string of the molecule is Fc1ccc(N(c2ccccc2)c2cccc3c2c2ccccc2n3-c2cccc3ccccc23)cc1F. The first-order chi connectivity index (χ1) is 18.7. The fourth-order valence-corrected chi connectivity index (χ4v) is 5.48. The van der Waals surface area contributed by atoms with Gasteiger partial charge in [0, 0.05) is 33.6 Å². The summed E-state index contributed by atoms with van der Waals surface area (Å²) >= 11 is 0. The van der Waals surface area contributed by atoms with Gasteiger partial charge in [0.15, 0.2) is 11.6 Å². The monoisotopic (exact) mass is 496 g/mol. The quantitative estimate of drug-likeness (QED) is 0.235. The van der Waals surface area contributed by atoms with Crippen molar-refractivity contribution in [2.24, 2.45) is 0 Å². The Kier molecular flexibility index (Phi) is 5.19. The lowest BCUT2D eigenvalue weighted by atomic mass is 10.1. The van der Waals surface area contributed by atoms with E-state index in [0.717, 1.165) is 44.3 Å². The highest BCUT2D eigenvalue weighted by Crippen LogP contribution is 2.44. The van der Waals surface area contributed by atoms with Gasteiger partial charge in [-0.25, -0.2) is 8.78 Å². The van der Waals surface area contributed by atoms with Crippen molar-refractivity contribution in [3.63, 3.8) is 0 Å². The van der Waals surface area contributed by atoms with Crippen LogP contribution in [-0.2, 0) is 0 Å². The van der Waals surface area contributed by atoms with Crippen LogP contribution in [0, 0.1) is 11.6 Å². The zero-order valence-electron chi connectivity index (χ0n) is 20.4. The summed E-state index contributed by atoms with van der Waals surface area (Å²) in [6.45, 7) is 0. The minimum absolute atomic E-state index is 0.546. The molecule has 0 unspecified atom stereocenters. The molecule has 0 aliphatic rings. The number of benzene rings is 6. The molecule has 0 spiro atoms. The molecule has 0 radical (unpaired) electrons. The van der Waals surface area contributed by atoms with Crippen molar-refractivity contribution < 1.29 is 8.78 Å². The molecule has 0 saturated carbocycles. The van der Waals surface area contributed by atoms with Gasteiger partial charge in [-0.2, -0.15) is 0 Å². The summed E-state index contributed by atoms with van der Waals surface area (Å²) in [4.78, 5) is 1.99. The molecular formula is C34H22F2N2. The molecule has 182 valence electrons. The second kappa shape index (κ2) is 8.86. The second-order valence-electron chi connectivity index (χ2n) is 9.29. The molecule has 0 N–H and O–H groups in total. The highest BCUT2D eigenvalue weighted by Gasteiger charge is 2.22. The largest absolute Gasteiger partial charge is 0.310 e. The van der Waals surface area contributed by atoms with E-state index in [-0.39, 0.29) is 0 Å². The molecule has 0 aliphatic heterocycles. The number of hydrogen-bond acceptors (Lipinski definition) is 1. The molecular weight excluding hydrogens is 474 g/mol. The van der Waals surface area contributed by atoms with Gasteiger partial charge in [0.05, 0.1) is 22.4 Å². The average molecular weight is 497 g/mol. The van der Waals surface area contributed by atoms with Crippen molar-refractivity contribution in [1.29, 1.82) is 0 Å². The van der Waals surface area contributed by atoms with Crippen LogP contribution in [0.15, 0.2) is 133 Å². The number of fused-ring (bicyclic) bond motifs is 4. The lowest BCUT2D eigenvalue weighted by Crippen LogP contribution is -2.11. The molecule has 6 aromatic carbocycles. The Morgan fingerprint density at radius 1 is 0.500 bits per heavy atom. The van der Waals surface area contributed by atoms with E-state index in [9.17, 15) is 8.78 Å². The molecule has 7 rings (SSSR count). The summed E-state index contributed by atoms with van der Waals surface area (Å²) in [5.74, 6) is -1.75. The minimum atomic E-state index is -0.881. The second-order valence-corrected chi connectivity index (χ2v) is 9.29. The normalized spacial score (nSPS) is 11.4. The van der Waals surface area contributed by atoms with Crippen molar-refractivity contribution in [1.82, 2.24) is 4.57 Å². The first-order valence-electron chi connectivity index (χ1n) is 12.5. The smallest absolute Gasteiger partial charge is 0.160 e. The van der Waals surface area contributed by atoms with Gasteiger partial charge >= 0.3 is 0 Å². The first kappa shape index (κ1) is 22.3. The number of hydrogen-bond donors (Lipinski definition) is 0. The number of halogens is 2. The van der Waals surface area contributed by atoms with Gasteiger partial charge in [0.2, 0.25) is 0 Å². The fraction of sp³-hybridized carbons (Fsp3) is 0. The number of aromatic nitrogens is 1. The molecule has 0 bridgehead atoms. The Balaban J connectivity index is 1.59. The standard InChI is InChI=1S/C34H22F2N2/c35-28-21-20-25(22-29(28)36)37(24-12-2-1-3-13-24)32-18-9-19-33-34(32)27-15-6-7-16-31(27)38(33)30-17-8-11-23-10-4-5-14-26(23)30/h1-22H. The van der Waals surface area contributed by atoms with E-state index in [2.05, 4.69) is 65.2 Å². The topological polar surface area (TPSA) is 8.17 Å². The maximum atomic E-state index is 14.5. The molecule has 0 aliphatic carbocycles. The highest BCUT2D eigenvalue weighted by molar-refractivity contribution is 6.17. The minimum Gasteiger partial charge on any atom is -0.310 e. The van der Waals surface area contributed by atoms with Crippen molar-refractivity contribution in [3.8, 4) is 5.69 Å². The third kappa shape index (κ3) is 3.46. The van der Waals surface area contributed by atoms with Gasteiger partial charge in [-0.15, -0.1) is 0 Å². The number of nitrogens with zero attached hydrogens (tertiary/aromatic N) is 2. The molecule has 0 atom stereocenters. The lowest BCUT2D eigenvalue weighted by Gasteiger charge is -2.26. The van der Waals surface area contributed by atoms with Crippen LogP contribution in [0.4, 0.5) is 25.8 Å². The van der Waals surface area contributed by atoms with E-state index >= 15 is 0 Å². The van der Waals surface area contributed by atoms with Crippen LogP contribution in [0.5, 0.6) is 0 Å². The lowest BCUT2D eigenvalue weighted by molar-refractivity contribution is 0.509. The van der Waals surface area contributed by atoms with E-state index in [1.807, 2.05) is 59.5 Å². The predicted molar refractivity (Wildman–Crippen MR) is 153 cm³/mol. The molecule has 0 saturated heterocycles. The van der Waals surface area contributed by atoms with E-state index in [0.29, 0.717) is 5.69 Å². The summed E-state index contributed by atoms with van der Waals surface area (Å²) in [5, 5.41) is 4.43. The maximum absolute atomic E-state index is 14.5. The summed E-state index contributed by atoms with van der Waals surface area (Å²) in [6.07, 6.45) is 0. The van der Waals surface area contributed by atoms with Crippen LogP contribution < -0.4 is 4.90 Å². The van der Waals surface area contributed by atoms with Crippen LogP contribution in [-0.4, -0.2) is 4.57 Å². The number of anilines is 3. The summed E-state index contributed by atoms with van der Waals surface area (Å²) in [7, 11) is 0. The van der Waals surface area contributed by atoms with Crippen LogP contribution in [0.25, 0.3) is 38.3 Å². The Morgan fingerprint density at radius 2 is 1.18 bits per heavy atom. The zero-order chi connectivity index (χ0) is 25.6. The molecule has 38 heavy (non-hydrogen) atoms. The first-order valence-corrected chi connectivity index (χ1v) is 12.5. The molecule has 1 heterocycles. The molecule has 2 nitrogen and oxygen atoms in total. The van der Waals surface area contributed by atoms with Crippen LogP contribution >= 0.6 is 0 Å². The number of para-hydroxylation sites is 2. The van der Waals surface area contributed by atoms with E-state index < -0.39 is 11.6 Å². The van der Waals surface area contributed by atoms with E-state index in [4.69, 9.17) is 0 Å². The molecule has 0 amide bonds. The Bertz CT molecular complexity index is 1950. The van der Waals surface area contributed by atoms with Crippen molar-refractivity contribution in [3.05, 3.63) is 145 Å². The van der Waals surface area contributed by atoms with Gasteiger partial charge in [-0.1, -0.05) is 78.9 Å². The molecule has 1 aromatic heterocycles. The third-order valence-corrected chi connectivity index (χ3v) is 7.10. The van der Waals surface area contributed by atoms with Crippen LogP contribution in [0.2, 0.25) is 0 Å². The highest BCUT2D eigenvalue weighted by atomic mass is 19.2. The third-order valence-electron chi connectivity index (χ3n) is 7.10. The fourth-order valence-electron chi connectivity index (χ4n) is 5.48. The van der Waals surface area contributed by atoms with Crippen molar-refractivity contribution in [2.45, 2.75) is 0 Å². The van der Waals surface area contributed by atoms with Crippen molar-refractivity contribution >= 4 is 49.6 Å². The molecule has 4 heteroatoms. The maximum Gasteiger partial charge on any atom is 0.160 e. The van der Waals surface area contributed by atoms with E-state index in [1.54, 1.807) is 6.07 Å². The molecule has 7 aromatic rings. The summed E-state index contributed by atoms with van der Waals surface area (Å²) in [6, 6.07) is 43.1.